The number of benzene rings is 2. The monoisotopic (exact) mass is 535 g/mol. The van der Waals surface area contributed by atoms with Crippen molar-refractivity contribution in [1.82, 2.24) is 9.97 Å². The van der Waals surface area contributed by atoms with E-state index in [1.165, 1.54) is 11.0 Å². The summed E-state index contributed by atoms with van der Waals surface area (Å²) >= 11 is 0. The van der Waals surface area contributed by atoms with Crippen LogP contribution < -0.4 is 19.3 Å². The van der Waals surface area contributed by atoms with Gasteiger partial charge >= 0.3 is 0 Å². The topological polar surface area (TPSA) is 105 Å². The van der Waals surface area contributed by atoms with Crippen LogP contribution in [-0.2, 0) is 16.4 Å². The van der Waals surface area contributed by atoms with E-state index < -0.39 is 16.0 Å². The number of fused-ring (bicyclic) bond motifs is 3. The first-order valence-electron chi connectivity index (χ1n) is 12.0. The van der Waals surface area contributed by atoms with E-state index in [2.05, 4.69) is 14.7 Å². The minimum absolute atomic E-state index is 0.263. The van der Waals surface area contributed by atoms with E-state index in [1.807, 2.05) is 25.1 Å². The van der Waals surface area contributed by atoms with E-state index in [1.54, 1.807) is 48.5 Å². The molecule has 9 nitrogen and oxygen atoms in total. The number of carbonyl (C=O) groups is 1. The number of sulfonamides is 1. The first kappa shape index (κ1) is 25.4. The highest BCUT2D eigenvalue weighted by atomic mass is 32.2. The van der Waals surface area contributed by atoms with Gasteiger partial charge in [0.15, 0.2) is 5.82 Å². The number of hydrogen-bond acceptors (Lipinski definition) is 7. The Morgan fingerprint density at radius 2 is 1.82 bits per heavy atom. The summed E-state index contributed by atoms with van der Waals surface area (Å²) in [5, 5.41) is 1.49. The minimum Gasteiger partial charge on any atom is -0.493 e. The van der Waals surface area contributed by atoms with Gasteiger partial charge in [0.2, 0.25) is 16.0 Å². The average Bonchev–Trinajstić information content (AvgIpc) is 2.96. The first-order valence-corrected chi connectivity index (χ1v) is 13.9. The molecule has 0 saturated heterocycles. The normalized spacial score (nSPS) is 13.2. The highest BCUT2D eigenvalue weighted by Gasteiger charge is 2.31. The van der Waals surface area contributed by atoms with E-state index >= 15 is 0 Å². The molecule has 5 rings (SSSR count). The van der Waals surface area contributed by atoms with Gasteiger partial charge in [-0.2, -0.15) is 9.37 Å². The highest BCUT2D eigenvalue weighted by Crippen LogP contribution is 2.38. The van der Waals surface area contributed by atoms with E-state index in [0.717, 1.165) is 22.6 Å². The molecular formula is C27H26FN5O4S. The van der Waals surface area contributed by atoms with Crippen LogP contribution in [0, 0.1) is 5.95 Å². The fourth-order valence-corrected chi connectivity index (χ4v) is 5.13. The molecule has 0 aliphatic carbocycles. The summed E-state index contributed by atoms with van der Waals surface area (Å²) in [6.45, 7) is 2.64. The molecule has 0 radical (unpaired) electrons. The maximum atomic E-state index is 14.0. The summed E-state index contributed by atoms with van der Waals surface area (Å²) in [5.74, 6) is 0.477. The number of amides is 1. The lowest BCUT2D eigenvalue weighted by atomic mass is 10.1. The predicted octanol–water partition coefficient (Wildman–Crippen LogP) is 4.51. The van der Waals surface area contributed by atoms with Crippen LogP contribution in [0.5, 0.6) is 5.75 Å². The molecule has 2 aromatic heterocycles. The molecule has 0 spiro atoms. The molecule has 11 heteroatoms. The number of aromatic nitrogens is 2. The minimum atomic E-state index is -3.43. The van der Waals surface area contributed by atoms with Gasteiger partial charge in [0.05, 0.1) is 29.8 Å². The van der Waals surface area contributed by atoms with Gasteiger partial charge in [-0.3, -0.25) is 9.52 Å². The second-order valence-corrected chi connectivity index (χ2v) is 10.7. The Bertz CT molecular complexity index is 1660. The maximum absolute atomic E-state index is 14.0. The van der Waals surface area contributed by atoms with Crippen molar-refractivity contribution >= 4 is 49.7 Å². The fourth-order valence-electron chi connectivity index (χ4n) is 4.55. The Morgan fingerprint density at radius 1 is 1.05 bits per heavy atom. The molecule has 38 heavy (non-hydrogen) atoms. The zero-order valence-corrected chi connectivity index (χ0v) is 21.9. The van der Waals surface area contributed by atoms with Gasteiger partial charge in [0.25, 0.3) is 5.91 Å². The molecular weight excluding hydrogens is 509 g/mol. The Hall–Kier alpha value is -4.25. The van der Waals surface area contributed by atoms with Crippen LogP contribution in [0.15, 0.2) is 60.8 Å². The van der Waals surface area contributed by atoms with E-state index in [9.17, 15) is 17.6 Å². The van der Waals surface area contributed by atoms with Crippen LogP contribution in [0.1, 0.15) is 22.8 Å². The summed E-state index contributed by atoms with van der Waals surface area (Å²) < 4.78 is 46.1. The third kappa shape index (κ3) is 4.84. The predicted molar refractivity (Wildman–Crippen MR) is 145 cm³/mol. The van der Waals surface area contributed by atoms with E-state index in [0.29, 0.717) is 53.9 Å². The molecule has 0 fully saturated rings. The number of halogens is 1. The summed E-state index contributed by atoms with van der Waals surface area (Å²) in [7, 11) is -1.80. The summed E-state index contributed by atoms with van der Waals surface area (Å²) in [6, 6.07) is 15.3. The Labute approximate surface area is 219 Å². The SMILES string of the molecule is CCN1c2ncc(CCOc3cccc4c(NS(C)(=O)=O)cccc34)cc2C(=O)N(C)c2ccc(F)nc21. The van der Waals surface area contributed by atoms with Crippen molar-refractivity contribution in [2.75, 3.05) is 41.0 Å². The van der Waals surface area contributed by atoms with Crippen LogP contribution in [0.2, 0.25) is 0 Å². The number of hydrogen-bond donors (Lipinski definition) is 1. The third-order valence-electron chi connectivity index (χ3n) is 6.29. The van der Waals surface area contributed by atoms with Crippen LogP contribution in [0.3, 0.4) is 0 Å². The van der Waals surface area contributed by atoms with E-state index in [4.69, 9.17) is 4.74 Å². The lowest BCUT2D eigenvalue weighted by molar-refractivity contribution is 0.0994. The number of nitrogens with zero attached hydrogens (tertiary/aromatic N) is 4. The van der Waals surface area contributed by atoms with Crippen molar-refractivity contribution in [3.63, 3.8) is 0 Å². The molecule has 2 aromatic carbocycles. The average molecular weight is 536 g/mol. The number of rotatable bonds is 7. The number of anilines is 4. The molecule has 0 unspecified atom stereocenters. The number of pyridine rings is 2. The lowest BCUT2D eigenvalue weighted by Crippen LogP contribution is -2.25. The fraction of sp³-hybridized carbons (Fsp3) is 0.222. The number of carbonyl (C=O) groups excluding carboxylic acids is 1. The van der Waals surface area contributed by atoms with Crippen molar-refractivity contribution in [3.8, 4) is 5.75 Å². The Balaban J connectivity index is 1.39. The van der Waals surface area contributed by atoms with Crippen LogP contribution >= 0.6 is 0 Å². The van der Waals surface area contributed by atoms with Crippen molar-refractivity contribution < 1.29 is 22.3 Å². The summed E-state index contributed by atoms with van der Waals surface area (Å²) in [4.78, 5) is 25.1. The second kappa shape index (κ2) is 9.90. The second-order valence-electron chi connectivity index (χ2n) is 8.93. The van der Waals surface area contributed by atoms with Crippen LogP contribution in [-0.4, -0.2) is 50.7 Å². The molecule has 3 heterocycles. The number of nitrogens with one attached hydrogen (secondary N) is 1. The Morgan fingerprint density at radius 3 is 2.58 bits per heavy atom. The number of ether oxygens (including phenoxy) is 1. The van der Waals surface area contributed by atoms with Crippen molar-refractivity contribution in [1.29, 1.82) is 0 Å². The smallest absolute Gasteiger partial charge is 0.261 e. The molecule has 4 aromatic rings. The van der Waals surface area contributed by atoms with Crippen molar-refractivity contribution in [2.45, 2.75) is 13.3 Å². The molecule has 1 aliphatic heterocycles. The summed E-state index contributed by atoms with van der Waals surface area (Å²) in [6.07, 6.45) is 3.26. The first-order chi connectivity index (χ1) is 18.2. The lowest BCUT2D eigenvalue weighted by Gasteiger charge is -2.22. The summed E-state index contributed by atoms with van der Waals surface area (Å²) in [5.41, 5.74) is 2.17. The molecule has 1 N–H and O–H groups in total. The molecule has 196 valence electrons. The molecule has 1 aliphatic rings. The van der Waals surface area contributed by atoms with E-state index in [-0.39, 0.29) is 5.91 Å². The molecule has 1 amide bonds. The van der Waals surface area contributed by atoms with Crippen LogP contribution in [0.25, 0.3) is 10.8 Å². The maximum Gasteiger partial charge on any atom is 0.261 e. The van der Waals surface area contributed by atoms with Gasteiger partial charge in [-0.25, -0.2) is 13.4 Å². The van der Waals surface area contributed by atoms with Gasteiger partial charge in [-0.05, 0) is 42.8 Å². The third-order valence-corrected chi connectivity index (χ3v) is 6.88. The van der Waals surface area contributed by atoms with Crippen molar-refractivity contribution in [3.05, 3.63) is 77.9 Å². The van der Waals surface area contributed by atoms with Gasteiger partial charge in [0.1, 0.15) is 11.6 Å². The van der Waals surface area contributed by atoms with Gasteiger partial charge in [0, 0.05) is 37.0 Å². The largest absolute Gasteiger partial charge is 0.493 e. The van der Waals surface area contributed by atoms with Crippen LogP contribution in [0.4, 0.5) is 27.4 Å². The molecule has 0 atom stereocenters. The zero-order valence-electron chi connectivity index (χ0n) is 21.1. The van der Waals surface area contributed by atoms with Crippen molar-refractivity contribution in [2.24, 2.45) is 0 Å². The molecule has 0 bridgehead atoms. The van der Waals surface area contributed by atoms with Gasteiger partial charge in [-0.15, -0.1) is 0 Å². The highest BCUT2D eigenvalue weighted by molar-refractivity contribution is 7.92. The van der Waals surface area contributed by atoms with Gasteiger partial charge < -0.3 is 14.5 Å². The van der Waals surface area contributed by atoms with Gasteiger partial charge in [-0.1, -0.05) is 24.3 Å². The zero-order chi connectivity index (χ0) is 27.0. The quantitative estimate of drug-likeness (QED) is 0.347. The standard InChI is InChI=1S/C27H26FN5O4S/c1-4-33-25-20(27(34)32(2)22-11-12-24(28)30-26(22)33)15-17(16-29-25)13-14-37-23-10-6-7-18-19(23)8-5-9-21(18)31-38(3,35)36/h5-12,15-16,31H,4,13-14H2,1-3H3. The Kier molecular flexibility index (Phi) is 6.62. The molecule has 0 saturated carbocycles.